The number of nitrogens with one attached hydrogen (secondary N) is 2. The van der Waals surface area contributed by atoms with Crippen LogP contribution in [0.15, 0.2) is 0 Å². The van der Waals surface area contributed by atoms with E-state index in [-0.39, 0.29) is 18.4 Å². The molecule has 0 saturated heterocycles. The maximum atomic E-state index is 12.0. The molecule has 1 atom stereocenters. The zero-order valence-electron chi connectivity index (χ0n) is 11.5. The van der Waals surface area contributed by atoms with E-state index in [1.807, 2.05) is 0 Å². The summed E-state index contributed by atoms with van der Waals surface area (Å²) in [4.78, 5) is 22.9. The SMILES string of the molecule is CC(=O)NC(C)C(=O)NC1(CO)CCC(C)CC1. The molecule has 0 spiro atoms. The molecule has 5 heteroatoms. The molecule has 0 heterocycles. The van der Waals surface area contributed by atoms with Crippen LogP contribution < -0.4 is 10.6 Å². The van der Waals surface area contributed by atoms with E-state index < -0.39 is 11.6 Å². The monoisotopic (exact) mass is 256 g/mol. The molecule has 18 heavy (non-hydrogen) atoms. The van der Waals surface area contributed by atoms with Gasteiger partial charge in [-0.3, -0.25) is 9.59 Å². The molecule has 1 saturated carbocycles. The van der Waals surface area contributed by atoms with Crippen LogP contribution in [0.1, 0.15) is 46.5 Å². The van der Waals surface area contributed by atoms with Crippen LogP contribution in [0, 0.1) is 5.92 Å². The molecule has 1 aliphatic rings. The zero-order valence-corrected chi connectivity index (χ0v) is 11.5. The van der Waals surface area contributed by atoms with Crippen molar-refractivity contribution in [3.8, 4) is 0 Å². The maximum absolute atomic E-state index is 12.0. The number of carbonyl (C=O) groups excluding carboxylic acids is 2. The fourth-order valence-corrected chi connectivity index (χ4v) is 2.38. The highest BCUT2D eigenvalue weighted by Gasteiger charge is 2.35. The number of amides is 2. The first-order chi connectivity index (χ1) is 8.38. The van der Waals surface area contributed by atoms with Crippen molar-refractivity contribution in [3.05, 3.63) is 0 Å². The molecule has 1 aliphatic carbocycles. The van der Waals surface area contributed by atoms with Crippen molar-refractivity contribution in [2.24, 2.45) is 5.92 Å². The first-order valence-corrected chi connectivity index (χ1v) is 6.58. The van der Waals surface area contributed by atoms with E-state index in [9.17, 15) is 14.7 Å². The molecule has 2 amide bonds. The van der Waals surface area contributed by atoms with Crippen molar-refractivity contribution in [2.45, 2.75) is 58.0 Å². The van der Waals surface area contributed by atoms with Crippen molar-refractivity contribution in [1.82, 2.24) is 10.6 Å². The summed E-state index contributed by atoms with van der Waals surface area (Å²) in [5, 5.41) is 15.0. The third kappa shape index (κ3) is 3.98. The number of aliphatic hydroxyl groups excluding tert-OH is 1. The third-order valence-electron chi connectivity index (χ3n) is 3.74. The van der Waals surface area contributed by atoms with E-state index in [4.69, 9.17) is 0 Å². The molecule has 104 valence electrons. The third-order valence-corrected chi connectivity index (χ3v) is 3.74. The largest absolute Gasteiger partial charge is 0.394 e. The van der Waals surface area contributed by atoms with Gasteiger partial charge in [-0.2, -0.15) is 0 Å². The van der Waals surface area contributed by atoms with Crippen molar-refractivity contribution in [1.29, 1.82) is 0 Å². The summed E-state index contributed by atoms with van der Waals surface area (Å²) in [5.41, 5.74) is -0.504. The van der Waals surface area contributed by atoms with E-state index in [0.717, 1.165) is 25.7 Å². The molecule has 1 unspecified atom stereocenters. The molecular formula is C13H24N2O3. The van der Waals surface area contributed by atoms with Crippen LogP contribution in [-0.2, 0) is 9.59 Å². The first-order valence-electron chi connectivity index (χ1n) is 6.58. The van der Waals surface area contributed by atoms with Crippen LogP contribution in [0.25, 0.3) is 0 Å². The van der Waals surface area contributed by atoms with Crippen molar-refractivity contribution < 1.29 is 14.7 Å². The minimum absolute atomic E-state index is 0.0434. The van der Waals surface area contributed by atoms with Gasteiger partial charge in [0.25, 0.3) is 0 Å². The minimum Gasteiger partial charge on any atom is -0.394 e. The highest BCUT2D eigenvalue weighted by Crippen LogP contribution is 2.31. The molecule has 1 fully saturated rings. The summed E-state index contributed by atoms with van der Waals surface area (Å²) in [5.74, 6) is 0.191. The Morgan fingerprint density at radius 2 is 1.94 bits per heavy atom. The van der Waals surface area contributed by atoms with Gasteiger partial charge in [0, 0.05) is 6.92 Å². The Morgan fingerprint density at radius 3 is 2.39 bits per heavy atom. The molecule has 0 bridgehead atoms. The summed E-state index contributed by atoms with van der Waals surface area (Å²) in [6.07, 6.45) is 3.61. The lowest BCUT2D eigenvalue weighted by Gasteiger charge is -2.39. The predicted molar refractivity (Wildman–Crippen MR) is 68.9 cm³/mol. The van der Waals surface area contributed by atoms with Crippen molar-refractivity contribution in [2.75, 3.05) is 6.61 Å². The number of aliphatic hydroxyl groups is 1. The molecule has 0 radical (unpaired) electrons. The van der Waals surface area contributed by atoms with Gasteiger partial charge in [0.05, 0.1) is 12.1 Å². The Bertz CT molecular complexity index is 309. The molecule has 5 nitrogen and oxygen atoms in total. The number of hydrogen-bond acceptors (Lipinski definition) is 3. The Labute approximate surface area is 108 Å². The summed E-state index contributed by atoms with van der Waals surface area (Å²) in [6.45, 7) is 5.17. The number of hydrogen-bond donors (Lipinski definition) is 3. The van der Waals surface area contributed by atoms with Gasteiger partial charge in [0.1, 0.15) is 6.04 Å². The van der Waals surface area contributed by atoms with Gasteiger partial charge in [-0.15, -0.1) is 0 Å². The van der Waals surface area contributed by atoms with Gasteiger partial charge < -0.3 is 15.7 Å². The number of carbonyl (C=O) groups is 2. The molecular weight excluding hydrogens is 232 g/mol. The molecule has 0 aromatic rings. The lowest BCUT2D eigenvalue weighted by molar-refractivity contribution is -0.129. The Morgan fingerprint density at radius 1 is 1.39 bits per heavy atom. The van der Waals surface area contributed by atoms with Gasteiger partial charge >= 0.3 is 0 Å². The summed E-state index contributed by atoms with van der Waals surface area (Å²) < 4.78 is 0. The van der Waals surface area contributed by atoms with E-state index in [0.29, 0.717) is 5.92 Å². The zero-order chi connectivity index (χ0) is 13.8. The van der Waals surface area contributed by atoms with Gasteiger partial charge in [-0.1, -0.05) is 6.92 Å². The summed E-state index contributed by atoms with van der Waals surface area (Å²) >= 11 is 0. The lowest BCUT2D eigenvalue weighted by Crippen LogP contribution is -2.57. The molecule has 0 aliphatic heterocycles. The van der Waals surface area contributed by atoms with Crippen molar-refractivity contribution in [3.63, 3.8) is 0 Å². The second kappa shape index (κ2) is 6.18. The van der Waals surface area contributed by atoms with Crippen LogP contribution in [0.3, 0.4) is 0 Å². The standard InChI is InChI=1S/C13H24N2O3/c1-9-4-6-13(8-16,7-5-9)15-12(18)10(2)14-11(3)17/h9-10,16H,4-8H2,1-3H3,(H,14,17)(H,15,18). The minimum atomic E-state index is -0.565. The predicted octanol–water partition coefficient (Wildman–Crippen LogP) is 0.568. The topological polar surface area (TPSA) is 78.4 Å². The van der Waals surface area contributed by atoms with Crippen LogP contribution >= 0.6 is 0 Å². The summed E-state index contributed by atoms with van der Waals surface area (Å²) in [7, 11) is 0. The van der Waals surface area contributed by atoms with Crippen LogP contribution in [0.4, 0.5) is 0 Å². The fraction of sp³-hybridized carbons (Fsp3) is 0.846. The average Bonchev–Trinajstić information content (AvgIpc) is 2.31. The molecule has 3 N–H and O–H groups in total. The van der Waals surface area contributed by atoms with E-state index in [1.54, 1.807) is 6.92 Å². The van der Waals surface area contributed by atoms with Gasteiger partial charge in [-0.25, -0.2) is 0 Å². The normalized spacial score (nSPS) is 29.4. The van der Waals surface area contributed by atoms with Crippen LogP contribution in [0.5, 0.6) is 0 Å². The molecule has 1 rings (SSSR count). The highest BCUT2D eigenvalue weighted by molar-refractivity contribution is 5.86. The van der Waals surface area contributed by atoms with Crippen LogP contribution in [0.2, 0.25) is 0 Å². The van der Waals surface area contributed by atoms with Gasteiger partial charge in [-0.05, 0) is 38.5 Å². The number of rotatable bonds is 4. The van der Waals surface area contributed by atoms with Gasteiger partial charge in [0.2, 0.25) is 11.8 Å². The smallest absolute Gasteiger partial charge is 0.242 e. The highest BCUT2D eigenvalue weighted by atomic mass is 16.3. The quantitative estimate of drug-likeness (QED) is 0.688. The van der Waals surface area contributed by atoms with E-state index in [1.165, 1.54) is 6.92 Å². The second-order valence-corrected chi connectivity index (χ2v) is 5.53. The van der Waals surface area contributed by atoms with Crippen LogP contribution in [-0.4, -0.2) is 35.1 Å². The molecule has 0 aromatic carbocycles. The Balaban J connectivity index is 2.57. The van der Waals surface area contributed by atoms with E-state index >= 15 is 0 Å². The average molecular weight is 256 g/mol. The Hall–Kier alpha value is -1.10. The Kier molecular flexibility index (Phi) is 5.14. The molecule has 0 aromatic heterocycles. The lowest BCUT2D eigenvalue weighted by atomic mass is 9.77. The second-order valence-electron chi connectivity index (χ2n) is 5.53. The van der Waals surface area contributed by atoms with E-state index in [2.05, 4.69) is 17.6 Å². The summed E-state index contributed by atoms with van der Waals surface area (Å²) in [6, 6.07) is -0.565. The maximum Gasteiger partial charge on any atom is 0.242 e. The first kappa shape index (κ1) is 15.0. The van der Waals surface area contributed by atoms with Gasteiger partial charge in [0.15, 0.2) is 0 Å². The van der Waals surface area contributed by atoms with Crippen molar-refractivity contribution >= 4 is 11.8 Å². The fourth-order valence-electron chi connectivity index (χ4n) is 2.38.